The average Bonchev–Trinajstić information content (AvgIpc) is 2.26. The highest BCUT2D eigenvalue weighted by atomic mass is 19.1. The van der Waals surface area contributed by atoms with Gasteiger partial charge in [0, 0.05) is 19.0 Å². The van der Waals surface area contributed by atoms with Crippen molar-refractivity contribution in [1.29, 1.82) is 0 Å². The fraction of sp³-hybridized carbons (Fsp3) is 0.385. The number of nitrogens with two attached hydrogens (primary N) is 1. The molecule has 19 heavy (non-hydrogen) atoms. The van der Waals surface area contributed by atoms with Gasteiger partial charge in [-0.3, -0.25) is 9.59 Å². The number of hydrogen-bond donors (Lipinski definition) is 2. The van der Waals surface area contributed by atoms with Crippen LogP contribution in [0.1, 0.15) is 17.3 Å². The van der Waals surface area contributed by atoms with Crippen molar-refractivity contribution in [2.24, 2.45) is 17.6 Å². The van der Waals surface area contributed by atoms with Crippen LogP contribution >= 0.6 is 0 Å². The quantitative estimate of drug-likeness (QED) is 0.854. The number of amides is 1. The lowest BCUT2D eigenvalue weighted by atomic mass is 9.86. The first-order chi connectivity index (χ1) is 8.91. The zero-order chi connectivity index (χ0) is 14.2. The number of carbonyl (C=O) groups excluding carboxylic acids is 1. The first-order valence-corrected chi connectivity index (χ1v) is 5.98. The summed E-state index contributed by atoms with van der Waals surface area (Å²) in [4.78, 5) is 23.9. The van der Waals surface area contributed by atoms with Crippen molar-refractivity contribution >= 4 is 17.6 Å². The molecule has 1 aromatic carbocycles. The third-order valence-electron chi connectivity index (χ3n) is 3.59. The fourth-order valence-corrected chi connectivity index (χ4v) is 2.25. The standard InChI is InChI=1S/C13H15FN2O3/c1-7(13(18)19)8-5-16(6-8)10-4-2-3-9(14)11(10)12(15)17/h2-4,7-8H,5-6H2,1H3,(H2,15,17)(H,18,19). The van der Waals surface area contributed by atoms with Crippen molar-refractivity contribution in [3.8, 4) is 0 Å². The van der Waals surface area contributed by atoms with Crippen molar-refractivity contribution in [3.05, 3.63) is 29.6 Å². The Balaban J connectivity index is 2.16. The van der Waals surface area contributed by atoms with Gasteiger partial charge in [0.2, 0.25) is 0 Å². The Bertz CT molecular complexity index is 527. The van der Waals surface area contributed by atoms with E-state index in [1.54, 1.807) is 17.9 Å². The van der Waals surface area contributed by atoms with E-state index in [4.69, 9.17) is 10.8 Å². The van der Waals surface area contributed by atoms with E-state index in [0.29, 0.717) is 18.8 Å². The lowest BCUT2D eigenvalue weighted by Gasteiger charge is -2.43. The summed E-state index contributed by atoms with van der Waals surface area (Å²) >= 11 is 0. The molecule has 0 saturated carbocycles. The maximum Gasteiger partial charge on any atom is 0.306 e. The van der Waals surface area contributed by atoms with Crippen molar-refractivity contribution in [3.63, 3.8) is 0 Å². The van der Waals surface area contributed by atoms with Crippen molar-refractivity contribution in [2.45, 2.75) is 6.92 Å². The van der Waals surface area contributed by atoms with E-state index < -0.39 is 23.6 Å². The first-order valence-electron chi connectivity index (χ1n) is 5.98. The van der Waals surface area contributed by atoms with Gasteiger partial charge >= 0.3 is 5.97 Å². The van der Waals surface area contributed by atoms with Crippen LogP contribution in [0.2, 0.25) is 0 Å². The van der Waals surface area contributed by atoms with Gasteiger partial charge in [-0.25, -0.2) is 4.39 Å². The molecule has 0 aromatic heterocycles. The number of hydrogen-bond acceptors (Lipinski definition) is 3. The van der Waals surface area contributed by atoms with Gasteiger partial charge in [-0.15, -0.1) is 0 Å². The molecule has 1 aliphatic rings. The number of carbonyl (C=O) groups is 2. The van der Waals surface area contributed by atoms with E-state index in [2.05, 4.69) is 0 Å². The highest BCUT2D eigenvalue weighted by molar-refractivity contribution is 5.99. The van der Waals surface area contributed by atoms with Gasteiger partial charge < -0.3 is 15.7 Å². The van der Waals surface area contributed by atoms with E-state index in [1.807, 2.05) is 0 Å². The minimum absolute atomic E-state index is 0.00138. The summed E-state index contributed by atoms with van der Waals surface area (Å²) in [6.45, 7) is 2.61. The molecule has 1 unspecified atom stereocenters. The summed E-state index contributed by atoms with van der Waals surface area (Å²) in [6, 6.07) is 4.30. The number of anilines is 1. The van der Waals surface area contributed by atoms with Gasteiger partial charge in [-0.05, 0) is 12.1 Å². The van der Waals surface area contributed by atoms with E-state index in [1.165, 1.54) is 12.1 Å². The lowest BCUT2D eigenvalue weighted by Crippen LogP contribution is -2.51. The third-order valence-corrected chi connectivity index (χ3v) is 3.59. The maximum atomic E-state index is 13.6. The minimum atomic E-state index is -0.848. The molecule has 2 rings (SSSR count). The van der Waals surface area contributed by atoms with E-state index in [0.717, 1.165) is 0 Å². The number of rotatable bonds is 4. The molecular formula is C13H15FN2O3. The third kappa shape index (κ3) is 2.38. The van der Waals surface area contributed by atoms with Crippen LogP contribution in [0.25, 0.3) is 0 Å². The van der Waals surface area contributed by atoms with Crippen molar-refractivity contribution in [2.75, 3.05) is 18.0 Å². The SMILES string of the molecule is CC(C(=O)O)C1CN(c2cccc(F)c2C(N)=O)C1. The molecule has 0 aliphatic carbocycles. The Hall–Kier alpha value is -2.11. The molecule has 1 heterocycles. The molecule has 1 aromatic rings. The summed E-state index contributed by atoms with van der Waals surface area (Å²) < 4.78 is 13.6. The average molecular weight is 266 g/mol. The molecule has 3 N–H and O–H groups in total. The number of nitrogens with zero attached hydrogens (tertiary/aromatic N) is 1. The predicted octanol–water partition coefficient (Wildman–Crippen LogP) is 1.08. The van der Waals surface area contributed by atoms with Crippen LogP contribution < -0.4 is 10.6 Å². The Morgan fingerprint density at radius 2 is 2.11 bits per heavy atom. The molecule has 102 valence electrons. The minimum Gasteiger partial charge on any atom is -0.481 e. The molecule has 1 aliphatic heterocycles. The zero-order valence-corrected chi connectivity index (χ0v) is 10.5. The summed E-state index contributed by atoms with van der Waals surface area (Å²) in [7, 11) is 0. The highest BCUT2D eigenvalue weighted by Gasteiger charge is 2.36. The van der Waals surface area contributed by atoms with Crippen molar-refractivity contribution < 1.29 is 19.1 Å². The number of carboxylic acid groups (broad SMARTS) is 1. The maximum absolute atomic E-state index is 13.6. The number of halogens is 1. The van der Waals surface area contributed by atoms with Crippen LogP contribution in [0.15, 0.2) is 18.2 Å². The van der Waals surface area contributed by atoms with Gasteiger partial charge in [0.15, 0.2) is 0 Å². The zero-order valence-electron chi connectivity index (χ0n) is 10.5. The molecule has 0 bridgehead atoms. The smallest absolute Gasteiger partial charge is 0.306 e. The highest BCUT2D eigenvalue weighted by Crippen LogP contribution is 2.32. The van der Waals surface area contributed by atoms with E-state index in [-0.39, 0.29) is 11.5 Å². The van der Waals surface area contributed by atoms with Crippen molar-refractivity contribution in [1.82, 2.24) is 0 Å². The summed E-state index contributed by atoms with van der Waals surface area (Å²) in [6.07, 6.45) is 0. The Kier molecular flexibility index (Phi) is 3.42. The van der Waals surface area contributed by atoms with Crippen LogP contribution in [0.3, 0.4) is 0 Å². The fourth-order valence-electron chi connectivity index (χ4n) is 2.25. The van der Waals surface area contributed by atoms with Gasteiger partial charge in [0.05, 0.1) is 17.2 Å². The van der Waals surface area contributed by atoms with Crippen LogP contribution in [-0.2, 0) is 4.79 Å². The second-order valence-corrected chi connectivity index (χ2v) is 4.79. The molecule has 6 heteroatoms. The molecule has 1 atom stereocenters. The van der Waals surface area contributed by atoms with Gasteiger partial charge in [-0.2, -0.15) is 0 Å². The Morgan fingerprint density at radius 1 is 1.47 bits per heavy atom. The van der Waals surface area contributed by atoms with E-state index >= 15 is 0 Å². The van der Waals surface area contributed by atoms with Gasteiger partial charge in [0.1, 0.15) is 5.82 Å². The van der Waals surface area contributed by atoms with Crippen LogP contribution in [0, 0.1) is 17.7 Å². The van der Waals surface area contributed by atoms with Crippen LogP contribution in [0.4, 0.5) is 10.1 Å². The number of carboxylic acids is 1. The van der Waals surface area contributed by atoms with Crippen LogP contribution in [-0.4, -0.2) is 30.1 Å². The summed E-state index contributed by atoms with van der Waals surface area (Å²) in [5, 5.41) is 8.91. The predicted molar refractivity (Wildman–Crippen MR) is 67.4 cm³/mol. The van der Waals surface area contributed by atoms with Gasteiger partial charge in [0.25, 0.3) is 5.91 Å². The number of primary amides is 1. The Labute approximate surface area is 109 Å². The van der Waals surface area contributed by atoms with Crippen LogP contribution in [0.5, 0.6) is 0 Å². The second-order valence-electron chi connectivity index (χ2n) is 4.79. The second kappa shape index (κ2) is 4.87. The summed E-state index contributed by atoms with van der Waals surface area (Å²) in [5.41, 5.74) is 5.47. The molecule has 1 amide bonds. The number of benzene rings is 1. The topological polar surface area (TPSA) is 83.6 Å². The Morgan fingerprint density at radius 3 is 2.63 bits per heavy atom. The molecule has 1 fully saturated rings. The largest absolute Gasteiger partial charge is 0.481 e. The first kappa shape index (κ1) is 13.3. The summed E-state index contributed by atoms with van der Waals surface area (Å²) in [5.74, 6) is -2.77. The molecule has 1 saturated heterocycles. The normalized spacial score (nSPS) is 16.8. The van der Waals surface area contributed by atoms with Gasteiger partial charge in [-0.1, -0.05) is 13.0 Å². The molecule has 0 spiro atoms. The molecule has 5 nitrogen and oxygen atoms in total. The lowest BCUT2D eigenvalue weighted by molar-refractivity contribution is -0.143. The number of aliphatic carboxylic acids is 1. The monoisotopic (exact) mass is 266 g/mol. The molecular weight excluding hydrogens is 251 g/mol. The van der Waals surface area contributed by atoms with E-state index in [9.17, 15) is 14.0 Å². The molecule has 0 radical (unpaired) electrons.